The molecule has 9 heteroatoms. The van der Waals surface area contributed by atoms with Crippen LogP contribution in [0.5, 0.6) is 0 Å². The van der Waals surface area contributed by atoms with E-state index in [1.54, 1.807) is 0 Å². The van der Waals surface area contributed by atoms with E-state index in [0.29, 0.717) is 0 Å². The zero-order valence-corrected chi connectivity index (χ0v) is 19.2. The molecule has 0 aliphatic carbocycles. The second kappa shape index (κ2) is 16.1. The van der Waals surface area contributed by atoms with Crippen molar-refractivity contribution in [1.82, 2.24) is 5.32 Å². The number of carboxylic acid groups (broad SMARTS) is 2. The molecule has 0 bridgehead atoms. The van der Waals surface area contributed by atoms with E-state index in [4.69, 9.17) is 4.74 Å². The molecule has 0 saturated heterocycles. The van der Waals surface area contributed by atoms with Gasteiger partial charge >= 0.3 is 109 Å². The van der Waals surface area contributed by atoms with Crippen molar-refractivity contribution in [2.45, 2.75) is 39.2 Å². The third-order valence-corrected chi connectivity index (χ3v) is 2.13. The fourth-order valence-corrected chi connectivity index (χ4v) is 1.21. The molecule has 1 N–H and O–H groups in total. The van der Waals surface area contributed by atoms with E-state index in [1.807, 2.05) is 6.92 Å². The molecule has 21 heavy (non-hydrogen) atoms. The number of nitrogens with one attached hydrogen (secondary N) is 1. The molecule has 0 aromatic carbocycles. The number of rotatable bonds is 9. The van der Waals surface area contributed by atoms with Crippen LogP contribution in [0.15, 0.2) is 11.8 Å². The smallest absolute Gasteiger partial charge is 0.550 e. The van der Waals surface area contributed by atoms with Crippen LogP contribution >= 0.6 is 0 Å². The molecule has 0 rings (SSSR count). The van der Waals surface area contributed by atoms with Crippen LogP contribution in [0.4, 0.5) is 0 Å². The van der Waals surface area contributed by atoms with E-state index in [0.717, 1.165) is 18.9 Å². The summed E-state index contributed by atoms with van der Waals surface area (Å²) < 4.78 is 4.83. The van der Waals surface area contributed by atoms with Gasteiger partial charge in [-0.25, -0.2) is 4.79 Å². The number of unbranched alkanes of at least 4 members (excludes halogenated alkanes) is 1. The van der Waals surface area contributed by atoms with Crippen molar-refractivity contribution in [2.24, 2.45) is 0 Å². The maximum atomic E-state index is 11.3. The zero-order valence-electron chi connectivity index (χ0n) is 12.9. The van der Waals surface area contributed by atoms with Crippen LogP contribution in [0.25, 0.3) is 0 Å². The number of hydrogen-bond acceptors (Lipinski definition) is 7. The van der Waals surface area contributed by atoms with E-state index in [1.165, 1.54) is 6.92 Å². The topological polar surface area (TPSA) is 119 Å². The monoisotopic (exact) mass is 349 g/mol. The minimum atomic E-state index is -1.59. The number of aliphatic carboxylic acids is 2. The van der Waals surface area contributed by atoms with Crippen molar-refractivity contribution in [1.29, 1.82) is 0 Å². The van der Waals surface area contributed by atoms with Gasteiger partial charge in [-0.3, -0.25) is 0 Å². The molecule has 0 fully saturated rings. The maximum Gasteiger partial charge on any atom is 1.00 e. The molecule has 108 valence electrons. The van der Waals surface area contributed by atoms with Gasteiger partial charge in [0, 0.05) is 24.2 Å². The van der Waals surface area contributed by atoms with Crippen molar-refractivity contribution < 1.29 is 132 Å². The molecule has 1 atom stereocenters. The van der Waals surface area contributed by atoms with Crippen LogP contribution in [-0.2, 0) is 19.1 Å². The Morgan fingerprint density at radius 2 is 1.81 bits per heavy atom. The Balaban J connectivity index is -0.00000162. The van der Waals surface area contributed by atoms with Gasteiger partial charge in [0.25, 0.3) is 0 Å². The average Bonchev–Trinajstić information content (AvgIpc) is 2.27. The molecule has 0 aromatic rings. The predicted molar refractivity (Wildman–Crippen MR) is 61.2 cm³/mol. The molecule has 0 radical (unpaired) electrons. The molecular weight excluding hydrogens is 332 g/mol. The molecule has 0 heterocycles. The second-order valence-corrected chi connectivity index (χ2v) is 3.94. The molecule has 0 unspecified atom stereocenters. The third kappa shape index (κ3) is 15.9. The quantitative estimate of drug-likeness (QED) is 0.190. The van der Waals surface area contributed by atoms with Gasteiger partial charge in [-0.2, -0.15) is 0 Å². The SMILES string of the molecule is CCCCOC(=O)C=C(C)N[C@@H](CC(=O)[O-])C(=O)[O-].[K+].[K+]. The van der Waals surface area contributed by atoms with E-state index in [9.17, 15) is 24.6 Å². The summed E-state index contributed by atoms with van der Waals surface area (Å²) in [5, 5.41) is 23.3. The van der Waals surface area contributed by atoms with Crippen molar-refractivity contribution in [3.05, 3.63) is 11.8 Å². The summed E-state index contributed by atoms with van der Waals surface area (Å²) in [6, 6.07) is -1.45. The first-order valence-electron chi connectivity index (χ1n) is 5.89. The maximum absolute atomic E-state index is 11.3. The second-order valence-electron chi connectivity index (χ2n) is 3.94. The van der Waals surface area contributed by atoms with Crippen LogP contribution in [0.1, 0.15) is 33.1 Å². The fourth-order valence-electron chi connectivity index (χ4n) is 1.21. The third-order valence-electron chi connectivity index (χ3n) is 2.13. The number of allylic oxidation sites excluding steroid dienone is 1. The largest absolute Gasteiger partial charge is 1.00 e. The summed E-state index contributed by atoms with van der Waals surface area (Å²) in [6.07, 6.45) is 1.92. The van der Waals surface area contributed by atoms with Gasteiger partial charge in [-0.15, -0.1) is 0 Å². The van der Waals surface area contributed by atoms with Crippen LogP contribution in [0, 0.1) is 0 Å². The van der Waals surface area contributed by atoms with Gasteiger partial charge in [0.1, 0.15) is 0 Å². The summed E-state index contributed by atoms with van der Waals surface area (Å²) >= 11 is 0. The van der Waals surface area contributed by atoms with Crippen molar-refractivity contribution in [2.75, 3.05) is 6.61 Å². The van der Waals surface area contributed by atoms with Gasteiger partial charge in [0.2, 0.25) is 0 Å². The Hall–Kier alpha value is 1.22. The summed E-state index contributed by atoms with van der Waals surface area (Å²) in [6.45, 7) is 3.65. The van der Waals surface area contributed by atoms with Gasteiger partial charge < -0.3 is 29.9 Å². The number of esters is 1. The minimum Gasteiger partial charge on any atom is -0.550 e. The van der Waals surface area contributed by atoms with Crippen LogP contribution in [0.3, 0.4) is 0 Å². The molecular formula is C12H17K2NO6. The van der Waals surface area contributed by atoms with Gasteiger partial charge in [-0.1, -0.05) is 13.3 Å². The Bertz CT molecular complexity index is 373. The number of carbonyl (C=O) groups is 3. The first kappa shape index (κ1) is 27.1. The van der Waals surface area contributed by atoms with E-state index < -0.39 is 30.4 Å². The fraction of sp³-hybridized carbons (Fsp3) is 0.583. The minimum absolute atomic E-state index is 0. The number of carbonyl (C=O) groups excluding carboxylic acids is 3. The van der Waals surface area contributed by atoms with Gasteiger partial charge in [0.05, 0.1) is 18.6 Å². The Kier molecular flexibility index (Phi) is 20.8. The molecule has 0 aromatic heterocycles. The van der Waals surface area contributed by atoms with Crippen LogP contribution < -0.4 is 118 Å². The Labute approximate surface area is 209 Å². The zero-order chi connectivity index (χ0) is 14.8. The Morgan fingerprint density at radius 1 is 1.24 bits per heavy atom. The Morgan fingerprint density at radius 3 is 2.24 bits per heavy atom. The van der Waals surface area contributed by atoms with Gasteiger partial charge in [-0.05, 0) is 13.3 Å². The molecule has 0 aliphatic heterocycles. The van der Waals surface area contributed by atoms with Crippen molar-refractivity contribution in [3.8, 4) is 0 Å². The van der Waals surface area contributed by atoms with Gasteiger partial charge in [0.15, 0.2) is 0 Å². The summed E-state index contributed by atoms with van der Waals surface area (Å²) in [7, 11) is 0. The molecule has 0 saturated carbocycles. The predicted octanol–water partition coefficient (Wildman–Crippen LogP) is -7.91. The van der Waals surface area contributed by atoms with Crippen molar-refractivity contribution >= 4 is 17.9 Å². The van der Waals surface area contributed by atoms with E-state index >= 15 is 0 Å². The van der Waals surface area contributed by atoms with Crippen LogP contribution in [0.2, 0.25) is 0 Å². The summed E-state index contributed by atoms with van der Waals surface area (Å²) in [4.78, 5) is 32.3. The van der Waals surface area contributed by atoms with Crippen LogP contribution in [-0.4, -0.2) is 30.6 Å². The average molecular weight is 349 g/mol. The number of ether oxygens (including phenoxy) is 1. The normalized spacial score (nSPS) is 11.4. The number of hydrogen-bond donors (Lipinski definition) is 1. The first-order valence-corrected chi connectivity index (χ1v) is 5.89. The number of carboxylic acids is 2. The molecule has 0 amide bonds. The summed E-state index contributed by atoms with van der Waals surface area (Å²) in [5.41, 5.74) is 0.178. The molecule has 0 spiro atoms. The summed E-state index contributed by atoms with van der Waals surface area (Å²) in [5.74, 6) is -3.74. The van der Waals surface area contributed by atoms with Crippen molar-refractivity contribution in [3.63, 3.8) is 0 Å². The molecule has 0 aliphatic rings. The molecule has 7 nitrogen and oxygen atoms in total. The van der Waals surface area contributed by atoms with E-state index in [2.05, 4.69) is 5.32 Å². The van der Waals surface area contributed by atoms with E-state index in [-0.39, 0.29) is 115 Å². The first-order chi connectivity index (χ1) is 8.86. The standard InChI is InChI=1S/C12H19NO6.2K/c1-3-4-5-19-11(16)6-8(2)13-9(12(17)18)7-10(14)15;;/h6,9,13H,3-5,7H2,1-2H3,(H,14,15)(H,17,18);;/q;2*+1/p-2/t9-;;/m0../s1.